The summed E-state index contributed by atoms with van der Waals surface area (Å²) >= 11 is 0. The third-order valence-corrected chi connectivity index (χ3v) is 3.52. The van der Waals surface area contributed by atoms with E-state index in [9.17, 15) is 14.5 Å². The number of hydrogen-bond donors (Lipinski definition) is 1. The summed E-state index contributed by atoms with van der Waals surface area (Å²) in [7, 11) is 0. The van der Waals surface area contributed by atoms with Gasteiger partial charge in [0.25, 0.3) is 5.69 Å². The molecule has 0 spiro atoms. The highest BCUT2D eigenvalue weighted by Gasteiger charge is 2.29. The van der Waals surface area contributed by atoms with E-state index < -0.39 is 10.7 Å². The molecule has 0 radical (unpaired) electrons. The average Bonchev–Trinajstić information content (AvgIpc) is 2.37. The Balaban J connectivity index is 3.18. The molecule has 20 heavy (non-hydrogen) atoms. The van der Waals surface area contributed by atoms with Crippen LogP contribution in [0.25, 0.3) is 0 Å². The standard InChI is InChI=1S/C15H23FN2O2/c1-5-8-17-11(4)15(10(2)3)13-7-6-12(16)9-14(13)18(19)20/h6-7,9-11,15,17H,5,8H2,1-4H3. The lowest BCUT2D eigenvalue weighted by atomic mass is 9.82. The molecule has 0 aliphatic carbocycles. The molecule has 112 valence electrons. The summed E-state index contributed by atoms with van der Waals surface area (Å²) < 4.78 is 13.3. The highest BCUT2D eigenvalue weighted by molar-refractivity contribution is 5.43. The first-order chi connectivity index (χ1) is 9.38. The Morgan fingerprint density at radius 2 is 2.00 bits per heavy atom. The lowest BCUT2D eigenvalue weighted by molar-refractivity contribution is -0.386. The van der Waals surface area contributed by atoms with E-state index >= 15 is 0 Å². The third kappa shape index (κ3) is 4.00. The van der Waals surface area contributed by atoms with Gasteiger partial charge in [0.2, 0.25) is 0 Å². The van der Waals surface area contributed by atoms with Crippen molar-refractivity contribution in [2.75, 3.05) is 6.54 Å². The van der Waals surface area contributed by atoms with Gasteiger partial charge in [0.1, 0.15) is 5.82 Å². The lowest BCUT2D eigenvalue weighted by Gasteiger charge is -2.28. The molecule has 0 saturated heterocycles. The number of hydrogen-bond acceptors (Lipinski definition) is 3. The summed E-state index contributed by atoms with van der Waals surface area (Å²) in [6.07, 6.45) is 1.00. The number of nitro benzene ring substituents is 1. The molecule has 0 saturated carbocycles. The molecular formula is C15H23FN2O2. The van der Waals surface area contributed by atoms with Crippen molar-refractivity contribution in [1.82, 2.24) is 5.32 Å². The van der Waals surface area contributed by atoms with Gasteiger partial charge in [-0.15, -0.1) is 0 Å². The van der Waals surface area contributed by atoms with E-state index in [2.05, 4.69) is 12.2 Å². The van der Waals surface area contributed by atoms with Crippen molar-refractivity contribution >= 4 is 5.69 Å². The second kappa shape index (κ2) is 7.33. The predicted octanol–water partition coefficient (Wildman–Crippen LogP) is 3.86. The summed E-state index contributed by atoms with van der Waals surface area (Å²) in [4.78, 5) is 10.7. The molecule has 1 aromatic carbocycles. The van der Waals surface area contributed by atoms with Crippen LogP contribution in [-0.2, 0) is 0 Å². The van der Waals surface area contributed by atoms with Crippen molar-refractivity contribution in [3.8, 4) is 0 Å². The number of nitrogens with one attached hydrogen (secondary N) is 1. The highest BCUT2D eigenvalue weighted by Crippen LogP contribution is 2.34. The fourth-order valence-electron chi connectivity index (χ4n) is 2.66. The zero-order valence-corrected chi connectivity index (χ0v) is 12.5. The van der Waals surface area contributed by atoms with Crippen LogP contribution >= 0.6 is 0 Å². The van der Waals surface area contributed by atoms with E-state index in [1.807, 2.05) is 20.8 Å². The van der Waals surface area contributed by atoms with Gasteiger partial charge in [-0.2, -0.15) is 0 Å². The van der Waals surface area contributed by atoms with Crippen LogP contribution in [0.3, 0.4) is 0 Å². The first-order valence-corrected chi connectivity index (χ1v) is 7.05. The van der Waals surface area contributed by atoms with Gasteiger partial charge in [0, 0.05) is 17.5 Å². The van der Waals surface area contributed by atoms with Crippen LogP contribution in [0, 0.1) is 21.8 Å². The minimum Gasteiger partial charge on any atom is -0.314 e. The first kappa shape index (κ1) is 16.6. The van der Waals surface area contributed by atoms with Gasteiger partial charge >= 0.3 is 0 Å². The molecular weight excluding hydrogens is 259 g/mol. The molecule has 0 aromatic heterocycles. The van der Waals surface area contributed by atoms with Gasteiger partial charge in [0.15, 0.2) is 0 Å². The molecule has 2 unspecified atom stereocenters. The third-order valence-electron chi connectivity index (χ3n) is 3.52. The van der Waals surface area contributed by atoms with E-state index in [-0.39, 0.29) is 23.6 Å². The van der Waals surface area contributed by atoms with Gasteiger partial charge in [0.05, 0.1) is 11.0 Å². The van der Waals surface area contributed by atoms with E-state index in [1.165, 1.54) is 6.07 Å². The number of benzene rings is 1. The first-order valence-electron chi connectivity index (χ1n) is 7.05. The Labute approximate surface area is 119 Å². The summed E-state index contributed by atoms with van der Waals surface area (Å²) in [5, 5.41) is 14.5. The zero-order chi connectivity index (χ0) is 15.3. The monoisotopic (exact) mass is 282 g/mol. The van der Waals surface area contributed by atoms with Crippen molar-refractivity contribution in [3.63, 3.8) is 0 Å². The van der Waals surface area contributed by atoms with Crippen molar-refractivity contribution < 1.29 is 9.31 Å². The van der Waals surface area contributed by atoms with Crippen LogP contribution in [0.4, 0.5) is 10.1 Å². The average molecular weight is 282 g/mol. The number of nitro groups is 1. The van der Waals surface area contributed by atoms with Crippen LogP contribution in [0.15, 0.2) is 18.2 Å². The fourth-order valence-corrected chi connectivity index (χ4v) is 2.66. The highest BCUT2D eigenvalue weighted by atomic mass is 19.1. The molecule has 0 amide bonds. The second-order valence-electron chi connectivity index (χ2n) is 5.47. The van der Waals surface area contributed by atoms with Crippen molar-refractivity contribution in [2.45, 2.75) is 46.1 Å². The second-order valence-corrected chi connectivity index (χ2v) is 5.47. The summed E-state index contributed by atoms with van der Waals surface area (Å²) in [5.41, 5.74) is 0.469. The Hall–Kier alpha value is -1.49. The van der Waals surface area contributed by atoms with Crippen molar-refractivity contribution in [3.05, 3.63) is 39.7 Å². The van der Waals surface area contributed by atoms with Crippen LogP contribution in [0.2, 0.25) is 0 Å². The van der Waals surface area contributed by atoms with Crippen LogP contribution in [0.1, 0.15) is 45.6 Å². The minimum atomic E-state index is -0.572. The van der Waals surface area contributed by atoms with E-state index in [4.69, 9.17) is 0 Å². The van der Waals surface area contributed by atoms with E-state index in [0.29, 0.717) is 5.56 Å². The van der Waals surface area contributed by atoms with Gasteiger partial charge < -0.3 is 5.32 Å². The lowest BCUT2D eigenvalue weighted by Crippen LogP contribution is -2.35. The topological polar surface area (TPSA) is 55.2 Å². The van der Waals surface area contributed by atoms with Crippen LogP contribution in [0.5, 0.6) is 0 Å². The van der Waals surface area contributed by atoms with Gasteiger partial charge in [-0.25, -0.2) is 4.39 Å². The molecule has 0 fully saturated rings. The van der Waals surface area contributed by atoms with E-state index in [1.54, 1.807) is 6.07 Å². The minimum absolute atomic E-state index is 0.0254. The number of nitrogens with zero attached hydrogens (tertiary/aromatic N) is 1. The zero-order valence-electron chi connectivity index (χ0n) is 12.5. The fraction of sp³-hybridized carbons (Fsp3) is 0.600. The molecule has 4 nitrogen and oxygen atoms in total. The maximum absolute atomic E-state index is 13.3. The molecule has 1 rings (SSSR count). The molecule has 1 N–H and O–H groups in total. The Kier molecular flexibility index (Phi) is 6.07. The quantitative estimate of drug-likeness (QED) is 0.610. The molecule has 0 aliphatic heterocycles. The predicted molar refractivity (Wildman–Crippen MR) is 78.4 cm³/mol. The van der Waals surface area contributed by atoms with E-state index in [0.717, 1.165) is 19.0 Å². The van der Waals surface area contributed by atoms with Gasteiger partial charge in [-0.1, -0.05) is 20.8 Å². The Morgan fingerprint density at radius 3 is 2.50 bits per heavy atom. The maximum atomic E-state index is 13.3. The SMILES string of the molecule is CCCNC(C)C(c1ccc(F)cc1[N+](=O)[O-])C(C)C. The van der Waals surface area contributed by atoms with Gasteiger partial charge in [-0.05, 0) is 37.9 Å². The van der Waals surface area contributed by atoms with Crippen molar-refractivity contribution in [1.29, 1.82) is 0 Å². The molecule has 0 heterocycles. The maximum Gasteiger partial charge on any atom is 0.275 e. The molecule has 0 bridgehead atoms. The molecule has 1 aromatic rings. The smallest absolute Gasteiger partial charge is 0.275 e. The Bertz CT molecular complexity index is 463. The molecule has 2 atom stereocenters. The largest absolute Gasteiger partial charge is 0.314 e. The number of rotatable bonds is 7. The molecule has 0 aliphatic rings. The Morgan fingerprint density at radius 1 is 1.35 bits per heavy atom. The summed E-state index contributed by atoms with van der Waals surface area (Å²) in [5.74, 6) is -0.377. The normalized spacial score (nSPS) is 14.3. The number of halogens is 1. The van der Waals surface area contributed by atoms with Crippen LogP contribution in [-0.4, -0.2) is 17.5 Å². The summed E-state index contributed by atoms with van der Waals surface area (Å²) in [6.45, 7) is 9.01. The van der Waals surface area contributed by atoms with Crippen LogP contribution < -0.4 is 5.32 Å². The summed E-state index contributed by atoms with van der Waals surface area (Å²) in [6, 6.07) is 3.95. The van der Waals surface area contributed by atoms with Gasteiger partial charge in [-0.3, -0.25) is 10.1 Å². The van der Waals surface area contributed by atoms with Crippen molar-refractivity contribution in [2.24, 2.45) is 5.92 Å². The molecule has 5 heteroatoms.